The highest BCUT2D eigenvalue weighted by atomic mass is 16.5. The van der Waals surface area contributed by atoms with Crippen LogP contribution in [0.3, 0.4) is 0 Å². The summed E-state index contributed by atoms with van der Waals surface area (Å²) in [6, 6.07) is 12.2. The number of ether oxygens (including phenoxy) is 3. The minimum absolute atomic E-state index is 0.0261. The van der Waals surface area contributed by atoms with Gasteiger partial charge in [-0.2, -0.15) is 5.10 Å². The molecule has 1 atom stereocenters. The summed E-state index contributed by atoms with van der Waals surface area (Å²) in [7, 11) is 1.30. The molecule has 0 aliphatic carbocycles. The van der Waals surface area contributed by atoms with Crippen molar-refractivity contribution >= 4 is 16.9 Å². The Hall–Kier alpha value is -3.98. The maximum absolute atomic E-state index is 11.8. The quantitative estimate of drug-likeness (QED) is 0.372. The average molecular weight is 489 g/mol. The monoisotopic (exact) mass is 488 g/mol. The number of esters is 1. The molecule has 1 fully saturated rings. The maximum atomic E-state index is 11.8. The molecule has 3 heterocycles. The summed E-state index contributed by atoms with van der Waals surface area (Å²) >= 11 is 0. The summed E-state index contributed by atoms with van der Waals surface area (Å²) in [5.74, 6) is 0.531. The van der Waals surface area contributed by atoms with Crippen LogP contribution >= 0.6 is 0 Å². The first kappa shape index (κ1) is 23.7. The molecule has 2 aromatic heterocycles. The van der Waals surface area contributed by atoms with Crippen molar-refractivity contribution in [1.82, 2.24) is 19.7 Å². The number of hydrogen-bond acceptors (Lipinski definition) is 8. The molecule has 0 amide bonds. The normalized spacial score (nSPS) is 15.8. The summed E-state index contributed by atoms with van der Waals surface area (Å²) in [5.41, 5.74) is 2.73. The van der Waals surface area contributed by atoms with Crippen LogP contribution in [0.1, 0.15) is 49.7 Å². The summed E-state index contributed by atoms with van der Waals surface area (Å²) in [6.45, 7) is 4.66. The molecule has 1 aliphatic rings. The number of hydrogen-bond donors (Lipinski definition) is 1. The molecule has 186 valence electrons. The lowest BCUT2D eigenvalue weighted by Crippen LogP contribution is -2.19. The molecule has 9 heteroatoms. The molecule has 0 saturated carbocycles. The number of phenolic OH excluding ortho intramolecular Hbond substituents is 1. The van der Waals surface area contributed by atoms with Gasteiger partial charge in [0.15, 0.2) is 12.1 Å². The van der Waals surface area contributed by atoms with E-state index in [1.165, 1.54) is 13.2 Å². The van der Waals surface area contributed by atoms with E-state index in [0.717, 1.165) is 35.9 Å². The Kier molecular flexibility index (Phi) is 6.56. The van der Waals surface area contributed by atoms with Crippen LogP contribution in [0.5, 0.6) is 11.5 Å². The molecule has 9 nitrogen and oxygen atoms in total. The molecule has 0 spiro atoms. The Morgan fingerprint density at radius 1 is 1.17 bits per heavy atom. The lowest BCUT2D eigenvalue weighted by atomic mass is 10.1. The van der Waals surface area contributed by atoms with E-state index in [2.05, 4.69) is 4.98 Å². The molecule has 1 aliphatic heterocycles. The average Bonchev–Trinajstić information content (AvgIpc) is 3.27. The van der Waals surface area contributed by atoms with Gasteiger partial charge >= 0.3 is 5.97 Å². The molecule has 1 saturated heterocycles. The second-order valence-electron chi connectivity index (χ2n) is 8.95. The molecule has 1 N–H and O–H groups in total. The first-order valence-corrected chi connectivity index (χ1v) is 12.0. The Morgan fingerprint density at radius 2 is 2.03 bits per heavy atom. The van der Waals surface area contributed by atoms with Crippen LogP contribution < -0.4 is 4.74 Å². The second-order valence-corrected chi connectivity index (χ2v) is 8.95. The van der Waals surface area contributed by atoms with Crippen LogP contribution in [0.25, 0.3) is 33.7 Å². The number of nitrogens with zero attached hydrogens (tertiary/aromatic N) is 4. The van der Waals surface area contributed by atoms with E-state index < -0.39 is 5.97 Å². The number of benzene rings is 2. The zero-order valence-corrected chi connectivity index (χ0v) is 20.5. The van der Waals surface area contributed by atoms with Gasteiger partial charge in [-0.05, 0) is 75.6 Å². The van der Waals surface area contributed by atoms with Gasteiger partial charge in [0.1, 0.15) is 17.2 Å². The van der Waals surface area contributed by atoms with Crippen LogP contribution in [0.15, 0.2) is 48.7 Å². The topological polar surface area (TPSA) is 109 Å². The first-order chi connectivity index (χ1) is 17.4. The number of fused-ring (bicyclic) bond motifs is 1. The molecule has 4 aromatic rings. The van der Waals surface area contributed by atoms with Crippen LogP contribution in [0, 0.1) is 0 Å². The van der Waals surface area contributed by atoms with Gasteiger partial charge in [-0.15, -0.1) is 0 Å². The van der Waals surface area contributed by atoms with Crippen LogP contribution in [0.4, 0.5) is 0 Å². The van der Waals surface area contributed by atoms with Gasteiger partial charge in [-0.1, -0.05) is 0 Å². The Balaban J connectivity index is 1.61. The lowest BCUT2D eigenvalue weighted by molar-refractivity contribution is -0.0365. The number of aromatic hydroxyl groups is 1. The predicted molar refractivity (Wildman–Crippen MR) is 134 cm³/mol. The summed E-state index contributed by atoms with van der Waals surface area (Å²) in [6.07, 6.45) is 4.48. The number of carbonyl (C=O) groups is 1. The van der Waals surface area contributed by atoms with Crippen molar-refractivity contribution in [2.75, 3.05) is 13.7 Å². The Morgan fingerprint density at radius 3 is 2.75 bits per heavy atom. The van der Waals surface area contributed by atoms with Gasteiger partial charge in [-0.25, -0.2) is 19.4 Å². The van der Waals surface area contributed by atoms with E-state index in [-0.39, 0.29) is 23.6 Å². The van der Waals surface area contributed by atoms with Crippen LogP contribution in [-0.4, -0.2) is 50.6 Å². The van der Waals surface area contributed by atoms with Crippen molar-refractivity contribution in [2.45, 2.75) is 45.4 Å². The highest BCUT2D eigenvalue weighted by Crippen LogP contribution is 2.35. The SMILES string of the molecule is COC(=O)c1ccc(-c2ccnc(-c3nn(C4CCCCO4)c4ccc(OC(C)C)cc34)n2)c(O)c1. The highest BCUT2D eigenvalue weighted by molar-refractivity contribution is 5.93. The fourth-order valence-electron chi connectivity index (χ4n) is 4.38. The van der Waals surface area contributed by atoms with Crippen molar-refractivity contribution in [3.63, 3.8) is 0 Å². The lowest BCUT2D eigenvalue weighted by Gasteiger charge is -2.23. The predicted octanol–water partition coefficient (Wildman–Crippen LogP) is 5.14. The van der Waals surface area contributed by atoms with Gasteiger partial charge in [0.05, 0.1) is 30.0 Å². The molecule has 0 radical (unpaired) electrons. The third-order valence-electron chi connectivity index (χ3n) is 6.04. The zero-order chi connectivity index (χ0) is 25.2. The maximum Gasteiger partial charge on any atom is 0.337 e. The number of carbonyl (C=O) groups excluding carboxylic acids is 1. The molecule has 5 rings (SSSR count). The van der Waals surface area contributed by atoms with Gasteiger partial charge in [0, 0.05) is 23.8 Å². The minimum atomic E-state index is -0.526. The van der Waals surface area contributed by atoms with Crippen molar-refractivity contribution < 1.29 is 24.1 Å². The molecule has 36 heavy (non-hydrogen) atoms. The molecule has 0 bridgehead atoms. The van der Waals surface area contributed by atoms with E-state index >= 15 is 0 Å². The highest BCUT2D eigenvalue weighted by Gasteiger charge is 2.24. The standard InChI is InChI=1S/C27H28N4O5/c1-16(2)36-18-8-10-22-20(15-18)25(30-31(22)24-6-4-5-13-35-24)26-28-12-11-21(29-26)19-9-7-17(14-23(19)32)27(33)34-3/h7-12,14-16,24,32H,4-6,13H2,1-3H3. The van der Waals surface area contributed by atoms with Crippen molar-refractivity contribution in [1.29, 1.82) is 0 Å². The van der Waals surface area contributed by atoms with Gasteiger partial charge in [-0.3, -0.25) is 0 Å². The van der Waals surface area contributed by atoms with E-state index in [0.29, 0.717) is 29.4 Å². The number of phenols is 1. The van der Waals surface area contributed by atoms with E-state index in [9.17, 15) is 9.90 Å². The molecule has 1 unspecified atom stereocenters. The Labute approximate surface area is 208 Å². The van der Waals surface area contributed by atoms with Gasteiger partial charge < -0.3 is 19.3 Å². The van der Waals surface area contributed by atoms with E-state index in [1.807, 2.05) is 36.7 Å². The van der Waals surface area contributed by atoms with Gasteiger partial charge in [0.25, 0.3) is 0 Å². The van der Waals surface area contributed by atoms with Crippen molar-refractivity contribution in [3.8, 4) is 34.3 Å². The van der Waals surface area contributed by atoms with Crippen molar-refractivity contribution in [2.24, 2.45) is 0 Å². The summed E-state index contributed by atoms with van der Waals surface area (Å²) in [5, 5.41) is 16.3. The van der Waals surface area contributed by atoms with Crippen molar-refractivity contribution in [3.05, 3.63) is 54.2 Å². The molecular weight excluding hydrogens is 460 g/mol. The summed E-state index contributed by atoms with van der Waals surface area (Å²) in [4.78, 5) is 21.0. The third kappa shape index (κ3) is 4.61. The van der Waals surface area contributed by atoms with Gasteiger partial charge in [0.2, 0.25) is 0 Å². The first-order valence-electron chi connectivity index (χ1n) is 12.0. The smallest absolute Gasteiger partial charge is 0.337 e. The Bertz CT molecular complexity index is 1410. The zero-order valence-electron chi connectivity index (χ0n) is 20.5. The number of aromatic nitrogens is 4. The van der Waals surface area contributed by atoms with Crippen LogP contribution in [-0.2, 0) is 9.47 Å². The molecule has 2 aromatic carbocycles. The fraction of sp³-hybridized carbons (Fsp3) is 0.333. The number of rotatable bonds is 6. The van der Waals surface area contributed by atoms with Crippen LogP contribution in [0.2, 0.25) is 0 Å². The number of methoxy groups -OCH3 is 1. The third-order valence-corrected chi connectivity index (χ3v) is 6.04. The largest absolute Gasteiger partial charge is 0.507 e. The van der Waals surface area contributed by atoms with E-state index in [4.69, 9.17) is 24.3 Å². The molecular formula is C27H28N4O5. The minimum Gasteiger partial charge on any atom is -0.507 e. The second kappa shape index (κ2) is 9.94. The summed E-state index contributed by atoms with van der Waals surface area (Å²) < 4.78 is 18.6. The fourth-order valence-corrected chi connectivity index (χ4v) is 4.38. The van der Waals surface area contributed by atoms with E-state index in [1.54, 1.807) is 24.4 Å².